The first-order chi connectivity index (χ1) is 10.1. The van der Waals surface area contributed by atoms with Gasteiger partial charge in [-0.2, -0.15) is 5.10 Å². The summed E-state index contributed by atoms with van der Waals surface area (Å²) in [6, 6.07) is 6.22. The van der Waals surface area contributed by atoms with E-state index < -0.39 is 6.10 Å². The lowest BCUT2D eigenvalue weighted by Gasteiger charge is -2.13. The van der Waals surface area contributed by atoms with Gasteiger partial charge in [-0.3, -0.25) is 0 Å². The predicted molar refractivity (Wildman–Crippen MR) is 79.5 cm³/mol. The molecule has 0 radical (unpaired) electrons. The quantitative estimate of drug-likeness (QED) is 0.911. The van der Waals surface area contributed by atoms with Crippen molar-refractivity contribution in [3.05, 3.63) is 41.0 Å². The van der Waals surface area contributed by atoms with E-state index >= 15 is 0 Å². The molecule has 21 heavy (non-hydrogen) atoms. The van der Waals surface area contributed by atoms with Gasteiger partial charge >= 0.3 is 0 Å². The molecule has 1 aromatic heterocycles. The molecule has 1 aromatic carbocycles. The lowest BCUT2D eigenvalue weighted by molar-refractivity contribution is 0.0885. The van der Waals surface area contributed by atoms with E-state index in [0.717, 1.165) is 23.8 Å². The Balaban J connectivity index is 1.56. The van der Waals surface area contributed by atoms with E-state index in [2.05, 4.69) is 22.2 Å². The number of nitrogens with zero attached hydrogens (tertiary/aromatic N) is 3. The summed E-state index contributed by atoms with van der Waals surface area (Å²) >= 11 is 0. The fraction of sp³-hybridized carbons (Fsp3) is 0.500. The van der Waals surface area contributed by atoms with Gasteiger partial charge in [-0.25, -0.2) is 9.67 Å². The van der Waals surface area contributed by atoms with Crippen molar-refractivity contribution in [2.75, 3.05) is 6.61 Å². The molecule has 0 fully saturated rings. The average Bonchev–Trinajstić information content (AvgIpc) is 3.02. The molecular weight excluding hydrogens is 266 g/mol. The summed E-state index contributed by atoms with van der Waals surface area (Å²) in [5.41, 5.74) is 2.81. The van der Waals surface area contributed by atoms with Gasteiger partial charge in [-0.1, -0.05) is 6.07 Å². The summed E-state index contributed by atoms with van der Waals surface area (Å²) in [4.78, 5) is 4.22. The maximum absolute atomic E-state index is 10.1. The van der Waals surface area contributed by atoms with Crippen molar-refractivity contribution >= 4 is 0 Å². The van der Waals surface area contributed by atoms with Crippen molar-refractivity contribution in [1.82, 2.24) is 14.8 Å². The topological polar surface area (TPSA) is 60.2 Å². The molecule has 1 aliphatic carbocycles. The lowest BCUT2D eigenvalue weighted by atomic mass is 10.1. The van der Waals surface area contributed by atoms with Gasteiger partial charge in [0.05, 0.1) is 6.54 Å². The largest absolute Gasteiger partial charge is 0.491 e. The van der Waals surface area contributed by atoms with Gasteiger partial charge in [0.25, 0.3) is 0 Å². The summed E-state index contributed by atoms with van der Waals surface area (Å²) in [7, 11) is 0. The molecule has 112 valence electrons. The van der Waals surface area contributed by atoms with E-state index in [1.54, 1.807) is 4.68 Å². The highest BCUT2D eigenvalue weighted by Gasteiger charge is 2.13. The second-order valence-electron chi connectivity index (χ2n) is 5.64. The van der Waals surface area contributed by atoms with Crippen LogP contribution in [-0.2, 0) is 19.4 Å². The molecule has 0 aliphatic heterocycles. The van der Waals surface area contributed by atoms with Crippen molar-refractivity contribution in [2.24, 2.45) is 0 Å². The smallest absolute Gasteiger partial charge is 0.147 e. The molecule has 1 N–H and O–H groups in total. The third-order valence-electron chi connectivity index (χ3n) is 3.86. The predicted octanol–water partition coefficient (Wildman–Crippen LogP) is 1.82. The first-order valence-electron chi connectivity index (χ1n) is 7.42. The third kappa shape index (κ3) is 3.24. The number of rotatable bonds is 5. The van der Waals surface area contributed by atoms with Crippen LogP contribution in [0.2, 0.25) is 0 Å². The average molecular weight is 287 g/mol. The molecule has 0 unspecified atom stereocenters. The molecule has 3 rings (SSSR count). The zero-order valence-electron chi connectivity index (χ0n) is 12.5. The van der Waals surface area contributed by atoms with Crippen LogP contribution in [0.1, 0.15) is 29.2 Å². The van der Waals surface area contributed by atoms with Crippen molar-refractivity contribution in [2.45, 2.75) is 45.8 Å². The molecule has 5 nitrogen and oxygen atoms in total. The summed E-state index contributed by atoms with van der Waals surface area (Å²) < 4.78 is 7.41. The second kappa shape index (κ2) is 5.85. The van der Waals surface area contributed by atoms with E-state index in [-0.39, 0.29) is 6.61 Å². The Bertz CT molecular complexity index is 636. The summed E-state index contributed by atoms with van der Waals surface area (Å²) in [6.07, 6.45) is 2.93. The van der Waals surface area contributed by atoms with Crippen LogP contribution >= 0.6 is 0 Å². The minimum atomic E-state index is -0.599. The fourth-order valence-electron chi connectivity index (χ4n) is 2.82. The Kier molecular flexibility index (Phi) is 3.92. The standard InChI is InChI=1S/C16H21N3O2/c1-11-17-12(2)19(18-11)9-15(20)10-21-16-7-6-13-4-3-5-14(13)8-16/h6-8,15,20H,3-5,9-10H2,1-2H3/t15-/m1/s1. The zero-order valence-corrected chi connectivity index (χ0v) is 12.5. The molecule has 0 saturated heterocycles. The minimum Gasteiger partial charge on any atom is -0.491 e. The first-order valence-corrected chi connectivity index (χ1v) is 7.42. The van der Waals surface area contributed by atoms with Crippen molar-refractivity contribution < 1.29 is 9.84 Å². The van der Waals surface area contributed by atoms with Gasteiger partial charge in [-0.05, 0) is 56.4 Å². The summed E-state index contributed by atoms with van der Waals surface area (Å²) in [5.74, 6) is 2.37. The number of ether oxygens (including phenoxy) is 1. The Morgan fingerprint density at radius 2 is 2.10 bits per heavy atom. The summed E-state index contributed by atoms with van der Waals surface area (Å²) in [5, 5.41) is 14.3. The highest BCUT2D eigenvalue weighted by atomic mass is 16.5. The number of aromatic nitrogens is 3. The molecular formula is C16H21N3O2. The molecule has 5 heteroatoms. The Labute approximate surface area is 124 Å². The molecule has 2 aromatic rings. The van der Waals surface area contributed by atoms with Crippen molar-refractivity contribution in [1.29, 1.82) is 0 Å². The normalized spacial score (nSPS) is 15.0. The van der Waals surface area contributed by atoms with Crippen LogP contribution in [0, 0.1) is 13.8 Å². The Hall–Kier alpha value is -1.88. The number of aliphatic hydroxyl groups excluding tert-OH is 1. The van der Waals surface area contributed by atoms with Crippen molar-refractivity contribution in [3.63, 3.8) is 0 Å². The number of hydrogen-bond acceptors (Lipinski definition) is 4. The maximum Gasteiger partial charge on any atom is 0.147 e. The van der Waals surface area contributed by atoms with E-state index in [9.17, 15) is 5.11 Å². The van der Waals surface area contributed by atoms with Crippen LogP contribution in [-0.4, -0.2) is 32.6 Å². The minimum absolute atomic E-state index is 0.261. The highest BCUT2D eigenvalue weighted by Crippen LogP contribution is 2.26. The lowest BCUT2D eigenvalue weighted by Crippen LogP contribution is -2.24. The van der Waals surface area contributed by atoms with E-state index in [0.29, 0.717) is 6.54 Å². The zero-order chi connectivity index (χ0) is 14.8. The van der Waals surface area contributed by atoms with Gasteiger partial charge in [0.1, 0.15) is 30.1 Å². The van der Waals surface area contributed by atoms with Gasteiger partial charge < -0.3 is 9.84 Å². The molecule has 1 heterocycles. The third-order valence-corrected chi connectivity index (χ3v) is 3.86. The molecule has 1 aliphatic rings. The van der Waals surface area contributed by atoms with Crippen LogP contribution in [0.4, 0.5) is 0 Å². The van der Waals surface area contributed by atoms with Gasteiger partial charge in [0.2, 0.25) is 0 Å². The maximum atomic E-state index is 10.1. The molecule has 0 bridgehead atoms. The van der Waals surface area contributed by atoms with E-state index in [4.69, 9.17) is 4.74 Å². The Morgan fingerprint density at radius 3 is 2.86 bits per heavy atom. The van der Waals surface area contributed by atoms with Crippen LogP contribution in [0.25, 0.3) is 0 Å². The van der Waals surface area contributed by atoms with Crippen LogP contribution in [0.3, 0.4) is 0 Å². The first kappa shape index (κ1) is 14.1. The number of hydrogen-bond donors (Lipinski definition) is 1. The van der Waals surface area contributed by atoms with E-state index in [1.807, 2.05) is 19.9 Å². The van der Waals surface area contributed by atoms with Gasteiger partial charge in [-0.15, -0.1) is 0 Å². The van der Waals surface area contributed by atoms with Crippen LogP contribution in [0.15, 0.2) is 18.2 Å². The number of benzene rings is 1. The summed E-state index contributed by atoms with van der Waals surface area (Å²) in [6.45, 7) is 4.39. The number of aryl methyl sites for hydroxylation is 4. The SMILES string of the molecule is Cc1nc(C)n(C[C@@H](O)COc2ccc3c(c2)CCC3)n1. The molecule has 0 saturated carbocycles. The van der Waals surface area contributed by atoms with Crippen LogP contribution in [0.5, 0.6) is 5.75 Å². The van der Waals surface area contributed by atoms with Gasteiger partial charge in [0.15, 0.2) is 0 Å². The van der Waals surface area contributed by atoms with E-state index in [1.165, 1.54) is 24.0 Å². The second-order valence-corrected chi connectivity index (χ2v) is 5.64. The molecule has 0 spiro atoms. The van der Waals surface area contributed by atoms with Crippen molar-refractivity contribution in [3.8, 4) is 5.75 Å². The number of aliphatic hydroxyl groups is 1. The van der Waals surface area contributed by atoms with Crippen LogP contribution < -0.4 is 4.74 Å². The monoisotopic (exact) mass is 287 g/mol. The molecule has 1 atom stereocenters. The Morgan fingerprint density at radius 1 is 1.29 bits per heavy atom. The van der Waals surface area contributed by atoms with Gasteiger partial charge in [0, 0.05) is 0 Å². The molecule has 0 amide bonds. The fourth-order valence-corrected chi connectivity index (χ4v) is 2.82. The highest BCUT2D eigenvalue weighted by molar-refractivity contribution is 5.38. The number of fused-ring (bicyclic) bond motifs is 1.